The van der Waals surface area contributed by atoms with Crippen LogP contribution in [0.2, 0.25) is 0 Å². The monoisotopic (exact) mass is 330 g/mol. The Bertz CT molecular complexity index is 943. The van der Waals surface area contributed by atoms with Gasteiger partial charge in [0.05, 0.1) is 23.0 Å². The molecular formula is C16H18N4O4. The van der Waals surface area contributed by atoms with Crippen LogP contribution in [0, 0.1) is 5.21 Å². The van der Waals surface area contributed by atoms with Crippen LogP contribution in [0.25, 0.3) is 21.9 Å². The van der Waals surface area contributed by atoms with Crippen molar-refractivity contribution in [1.82, 2.24) is 9.55 Å². The third-order valence-corrected chi connectivity index (χ3v) is 3.74. The molecule has 3 aromatic rings. The first-order valence-electron chi connectivity index (χ1n) is 7.39. The molecule has 0 atom stereocenters. The lowest BCUT2D eigenvalue weighted by molar-refractivity contribution is -0.575. The Morgan fingerprint density at radius 1 is 1.42 bits per heavy atom. The molecule has 0 saturated heterocycles. The fourth-order valence-electron chi connectivity index (χ4n) is 2.76. The first-order chi connectivity index (χ1) is 11.2. The third-order valence-electron chi connectivity index (χ3n) is 3.74. The molecule has 0 aliphatic carbocycles. The molecule has 0 unspecified atom stereocenters. The molecule has 126 valence electrons. The summed E-state index contributed by atoms with van der Waals surface area (Å²) in [5.41, 5.74) is 0.344. The van der Waals surface area contributed by atoms with Gasteiger partial charge in [0.2, 0.25) is 17.7 Å². The molecule has 0 saturated carbocycles. The minimum atomic E-state index is -1.18. The number of carbonyl (C=O) groups is 1. The molecule has 8 nitrogen and oxygen atoms in total. The van der Waals surface area contributed by atoms with Gasteiger partial charge in [0.1, 0.15) is 0 Å². The number of aliphatic hydroxyl groups is 1. The van der Waals surface area contributed by atoms with Gasteiger partial charge in [-0.25, -0.2) is 9.78 Å². The van der Waals surface area contributed by atoms with E-state index in [1.54, 1.807) is 42.7 Å². The number of rotatable bonds is 3. The predicted octanol–water partition coefficient (Wildman–Crippen LogP) is 1.71. The molecule has 0 fully saturated rings. The fraction of sp³-hybridized carbons (Fsp3) is 0.312. The second-order valence-electron chi connectivity index (χ2n) is 6.36. The topological polar surface area (TPSA) is 106 Å². The second kappa shape index (κ2) is 5.34. The van der Waals surface area contributed by atoms with Gasteiger partial charge in [-0.3, -0.25) is 4.90 Å². The lowest BCUT2D eigenvalue weighted by Gasteiger charge is -2.22. The van der Waals surface area contributed by atoms with Gasteiger partial charge in [-0.15, -0.1) is 0 Å². The largest absolute Gasteiger partial charge is 0.618 e. The van der Waals surface area contributed by atoms with Crippen molar-refractivity contribution >= 4 is 34.0 Å². The Labute approximate surface area is 137 Å². The Hall–Kier alpha value is -2.87. The molecule has 2 heterocycles. The average molecular weight is 330 g/mol. The molecule has 0 spiro atoms. The number of benzene rings is 1. The zero-order valence-electron chi connectivity index (χ0n) is 13.6. The van der Waals surface area contributed by atoms with Crippen molar-refractivity contribution < 1.29 is 19.7 Å². The molecule has 0 bridgehead atoms. The van der Waals surface area contributed by atoms with Crippen molar-refractivity contribution in [2.75, 3.05) is 11.9 Å². The van der Waals surface area contributed by atoms with Crippen molar-refractivity contribution in [2.45, 2.75) is 26.0 Å². The molecule has 0 aliphatic heterocycles. The van der Waals surface area contributed by atoms with Crippen molar-refractivity contribution in [3.8, 4) is 0 Å². The van der Waals surface area contributed by atoms with E-state index in [2.05, 4.69) is 4.98 Å². The maximum atomic E-state index is 12.2. The maximum absolute atomic E-state index is 12.2. The van der Waals surface area contributed by atoms with Crippen LogP contribution in [0.3, 0.4) is 0 Å². The van der Waals surface area contributed by atoms with Gasteiger partial charge in [0.15, 0.2) is 5.52 Å². The number of aromatic nitrogens is 3. The number of pyridine rings is 1. The summed E-state index contributed by atoms with van der Waals surface area (Å²) in [5, 5.41) is 32.4. The number of hydrogen-bond acceptors (Lipinski definition) is 4. The second-order valence-corrected chi connectivity index (χ2v) is 6.36. The van der Waals surface area contributed by atoms with E-state index in [0.717, 1.165) is 4.90 Å². The van der Waals surface area contributed by atoms with Crippen LogP contribution in [0.1, 0.15) is 13.8 Å². The molecule has 8 heteroatoms. The average Bonchev–Trinajstić information content (AvgIpc) is 2.83. The van der Waals surface area contributed by atoms with Gasteiger partial charge in [0.25, 0.3) is 0 Å². The Morgan fingerprint density at radius 2 is 2.08 bits per heavy atom. The van der Waals surface area contributed by atoms with E-state index in [1.807, 2.05) is 0 Å². The summed E-state index contributed by atoms with van der Waals surface area (Å²) in [6.45, 7) is 3.38. The highest BCUT2D eigenvalue weighted by atomic mass is 16.5. The quantitative estimate of drug-likeness (QED) is 0.562. The highest BCUT2D eigenvalue weighted by Crippen LogP contribution is 2.29. The number of nitrogens with zero attached hydrogens (tertiary/aromatic N) is 4. The van der Waals surface area contributed by atoms with Crippen LogP contribution in [0.4, 0.5) is 10.7 Å². The number of amides is 1. The van der Waals surface area contributed by atoms with Gasteiger partial charge < -0.3 is 20.0 Å². The Kier molecular flexibility index (Phi) is 3.56. The normalized spacial score (nSPS) is 12.0. The molecule has 24 heavy (non-hydrogen) atoms. The number of fused-ring (bicyclic) bond motifs is 3. The molecule has 0 radical (unpaired) electrons. The summed E-state index contributed by atoms with van der Waals surface area (Å²) in [6.07, 6.45) is 0.138. The van der Waals surface area contributed by atoms with Gasteiger partial charge >= 0.3 is 6.09 Å². The van der Waals surface area contributed by atoms with Crippen molar-refractivity contribution in [1.29, 1.82) is 0 Å². The SMILES string of the molecule is CN(C(=O)O)c1nc2c[n+]([O-])c3ccccc3c2n1CC(C)(C)O. The standard InChI is InChI=1S/C16H18N4O4/c1-16(2,23)9-19-13-10-6-4-5-7-12(10)20(24)8-11(13)17-14(19)18(3)15(21)22/h4-8,23H,9H2,1-3H3,(H,21,22). The smallest absolute Gasteiger partial charge is 0.413 e. The summed E-state index contributed by atoms with van der Waals surface area (Å²) >= 11 is 0. The van der Waals surface area contributed by atoms with Crippen molar-refractivity contribution in [2.24, 2.45) is 0 Å². The molecule has 0 aliphatic rings. The van der Waals surface area contributed by atoms with Gasteiger partial charge in [-0.05, 0) is 19.9 Å². The predicted molar refractivity (Wildman–Crippen MR) is 88.9 cm³/mol. The van der Waals surface area contributed by atoms with E-state index in [1.165, 1.54) is 13.2 Å². The third kappa shape index (κ3) is 2.61. The van der Waals surface area contributed by atoms with Crippen LogP contribution < -0.4 is 9.63 Å². The van der Waals surface area contributed by atoms with E-state index in [9.17, 15) is 20.2 Å². The lowest BCUT2D eigenvalue weighted by Crippen LogP contribution is -2.32. The highest BCUT2D eigenvalue weighted by Gasteiger charge is 2.26. The van der Waals surface area contributed by atoms with Crippen molar-refractivity contribution in [3.05, 3.63) is 35.7 Å². The Morgan fingerprint density at radius 3 is 2.71 bits per heavy atom. The zero-order valence-corrected chi connectivity index (χ0v) is 13.6. The van der Waals surface area contributed by atoms with E-state index < -0.39 is 11.7 Å². The number of para-hydroxylation sites is 1. The van der Waals surface area contributed by atoms with Crippen molar-refractivity contribution in [3.63, 3.8) is 0 Å². The minimum absolute atomic E-state index is 0.128. The van der Waals surface area contributed by atoms with Gasteiger partial charge in [0, 0.05) is 13.1 Å². The molecule has 2 aromatic heterocycles. The van der Waals surface area contributed by atoms with Crippen LogP contribution >= 0.6 is 0 Å². The first kappa shape index (κ1) is 16.0. The minimum Gasteiger partial charge on any atom is -0.618 e. The van der Waals surface area contributed by atoms with Crippen LogP contribution in [0.15, 0.2) is 30.5 Å². The fourth-order valence-corrected chi connectivity index (χ4v) is 2.76. The first-order valence-corrected chi connectivity index (χ1v) is 7.39. The zero-order chi connectivity index (χ0) is 17.6. The van der Waals surface area contributed by atoms with E-state index in [-0.39, 0.29) is 12.5 Å². The molecule has 1 amide bonds. The number of carboxylic acid groups (broad SMARTS) is 1. The Balaban J connectivity index is 2.42. The van der Waals surface area contributed by atoms with Gasteiger partial charge in [-0.2, -0.15) is 4.73 Å². The summed E-state index contributed by atoms with van der Waals surface area (Å²) < 4.78 is 2.34. The van der Waals surface area contributed by atoms with Gasteiger partial charge in [-0.1, -0.05) is 12.1 Å². The summed E-state index contributed by atoms with van der Waals surface area (Å²) in [6, 6.07) is 7.01. The summed E-state index contributed by atoms with van der Waals surface area (Å²) in [7, 11) is 1.37. The highest BCUT2D eigenvalue weighted by molar-refractivity contribution is 6.02. The maximum Gasteiger partial charge on any atom is 0.413 e. The lowest BCUT2D eigenvalue weighted by atomic mass is 10.1. The molecular weight excluding hydrogens is 312 g/mol. The number of hydrogen-bond donors (Lipinski definition) is 2. The number of imidazole rings is 1. The summed E-state index contributed by atoms with van der Waals surface area (Å²) in [5.74, 6) is 0.149. The van der Waals surface area contributed by atoms with E-state index in [4.69, 9.17) is 0 Å². The van der Waals surface area contributed by atoms with Crippen LogP contribution in [-0.2, 0) is 6.54 Å². The van der Waals surface area contributed by atoms with Crippen LogP contribution in [0.5, 0.6) is 0 Å². The molecule has 2 N–H and O–H groups in total. The molecule has 1 aromatic carbocycles. The van der Waals surface area contributed by atoms with E-state index in [0.29, 0.717) is 26.7 Å². The molecule has 3 rings (SSSR count). The summed E-state index contributed by atoms with van der Waals surface area (Å²) in [4.78, 5) is 16.6. The van der Waals surface area contributed by atoms with E-state index >= 15 is 0 Å². The number of anilines is 1. The van der Waals surface area contributed by atoms with Crippen LogP contribution in [-0.4, -0.2) is 38.5 Å².